The molecule has 20 heavy (non-hydrogen) atoms. The lowest BCUT2D eigenvalue weighted by molar-refractivity contribution is -0.129. The summed E-state index contributed by atoms with van der Waals surface area (Å²) in [7, 11) is 0. The Balaban J connectivity index is 1.60. The van der Waals surface area contributed by atoms with Crippen LogP contribution in [0.1, 0.15) is 19.8 Å². The van der Waals surface area contributed by atoms with Crippen LogP contribution in [0, 0.1) is 5.92 Å². The van der Waals surface area contributed by atoms with E-state index in [0.29, 0.717) is 5.75 Å². The monoisotopic (exact) mass is 289 g/mol. The Morgan fingerprint density at radius 2 is 2.20 bits per heavy atom. The highest BCUT2D eigenvalue weighted by atomic mass is 32.2. The number of nitrogens with zero attached hydrogens (tertiary/aromatic N) is 3. The SMILES string of the molecule is CC1CCN(C(=O)CSc2ncc3ccccn23)CC1. The van der Waals surface area contributed by atoms with Gasteiger partial charge in [-0.3, -0.25) is 9.20 Å². The summed E-state index contributed by atoms with van der Waals surface area (Å²) in [4.78, 5) is 18.6. The molecule has 0 unspecified atom stereocenters. The first-order valence-corrected chi connectivity index (χ1v) is 8.05. The number of hydrogen-bond donors (Lipinski definition) is 0. The minimum Gasteiger partial charge on any atom is -0.342 e. The maximum atomic E-state index is 12.2. The highest BCUT2D eigenvalue weighted by Gasteiger charge is 2.20. The fourth-order valence-corrected chi connectivity index (χ4v) is 3.37. The second kappa shape index (κ2) is 5.87. The molecule has 0 atom stereocenters. The van der Waals surface area contributed by atoms with E-state index in [0.717, 1.165) is 42.5 Å². The van der Waals surface area contributed by atoms with Gasteiger partial charge in [0.1, 0.15) is 0 Å². The van der Waals surface area contributed by atoms with Gasteiger partial charge in [0, 0.05) is 19.3 Å². The van der Waals surface area contributed by atoms with Gasteiger partial charge in [-0.2, -0.15) is 0 Å². The summed E-state index contributed by atoms with van der Waals surface area (Å²) in [6.07, 6.45) is 6.08. The zero-order chi connectivity index (χ0) is 13.9. The molecule has 0 N–H and O–H groups in total. The minimum atomic E-state index is 0.231. The van der Waals surface area contributed by atoms with Gasteiger partial charge < -0.3 is 4.90 Å². The molecule has 0 spiro atoms. The number of imidazole rings is 1. The Morgan fingerprint density at radius 1 is 1.40 bits per heavy atom. The number of fused-ring (bicyclic) bond motifs is 1. The Morgan fingerprint density at radius 3 is 3.00 bits per heavy atom. The van der Waals surface area contributed by atoms with Crippen LogP contribution in [0.4, 0.5) is 0 Å². The lowest BCUT2D eigenvalue weighted by atomic mass is 9.99. The quantitative estimate of drug-likeness (QED) is 0.815. The second-order valence-corrected chi connectivity index (χ2v) is 6.33. The number of amides is 1. The largest absolute Gasteiger partial charge is 0.342 e. The molecule has 0 radical (unpaired) electrons. The molecule has 4 nitrogen and oxygen atoms in total. The number of thioether (sulfide) groups is 1. The summed E-state index contributed by atoms with van der Waals surface area (Å²) < 4.78 is 2.02. The van der Waals surface area contributed by atoms with Gasteiger partial charge in [-0.25, -0.2) is 4.98 Å². The average molecular weight is 289 g/mol. The third-order valence-corrected chi connectivity index (χ3v) is 4.82. The Hall–Kier alpha value is -1.49. The van der Waals surface area contributed by atoms with Gasteiger partial charge in [0.2, 0.25) is 5.91 Å². The number of carbonyl (C=O) groups is 1. The average Bonchev–Trinajstić information content (AvgIpc) is 2.89. The van der Waals surface area contributed by atoms with Crippen molar-refractivity contribution in [2.24, 2.45) is 5.92 Å². The molecule has 1 amide bonds. The summed E-state index contributed by atoms with van der Waals surface area (Å²) in [5.41, 5.74) is 1.06. The molecule has 5 heteroatoms. The van der Waals surface area contributed by atoms with Gasteiger partial charge >= 0.3 is 0 Å². The molecule has 2 aromatic rings. The third-order valence-electron chi connectivity index (χ3n) is 3.87. The van der Waals surface area contributed by atoms with E-state index in [1.165, 1.54) is 11.8 Å². The number of carbonyl (C=O) groups excluding carboxylic acids is 1. The third kappa shape index (κ3) is 2.82. The van der Waals surface area contributed by atoms with Crippen LogP contribution < -0.4 is 0 Å². The van der Waals surface area contributed by atoms with Crippen LogP contribution in [-0.2, 0) is 4.79 Å². The molecule has 3 heterocycles. The standard InChI is InChI=1S/C15H19N3OS/c1-12-5-8-17(9-6-12)14(19)11-20-15-16-10-13-4-2-3-7-18(13)15/h2-4,7,10,12H,5-6,8-9,11H2,1H3. The van der Waals surface area contributed by atoms with Crippen molar-refractivity contribution in [2.45, 2.75) is 24.9 Å². The topological polar surface area (TPSA) is 37.6 Å². The number of pyridine rings is 1. The van der Waals surface area contributed by atoms with Crippen LogP contribution in [0.3, 0.4) is 0 Å². The fraction of sp³-hybridized carbons (Fsp3) is 0.467. The smallest absolute Gasteiger partial charge is 0.233 e. The molecule has 1 aliphatic heterocycles. The Kier molecular flexibility index (Phi) is 3.96. The van der Waals surface area contributed by atoms with Crippen LogP contribution in [0.15, 0.2) is 35.7 Å². The maximum absolute atomic E-state index is 12.2. The predicted octanol–water partition coefficient (Wildman–Crippen LogP) is 2.68. The van der Waals surface area contributed by atoms with Crippen molar-refractivity contribution in [3.05, 3.63) is 30.6 Å². The summed E-state index contributed by atoms with van der Waals surface area (Å²) in [5.74, 6) is 1.46. The van der Waals surface area contributed by atoms with E-state index in [1.807, 2.05) is 39.9 Å². The first-order valence-electron chi connectivity index (χ1n) is 7.06. The first-order chi connectivity index (χ1) is 9.74. The predicted molar refractivity (Wildman–Crippen MR) is 80.9 cm³/mol. The second-order valence-electron chi connectivity index (χ2n) is 5.39. The van der Waals surface area contributed by atoms with Crippen LogP contribution in [0.2, 0.25) is 0 Å². The molecule has 1 aliphatic rings. The van der Waals surface area contributed by atoms with Crippen LogP contribution >= 0.6 is 11.8 Å². The van der Waals surface area contributed by atoms with Crippen molar-refractivity contribution in [1.29, 1.82) is 0 Å². The lowest BCUT2D eigenvalue weighted by Gasteiger charge is -2.30. The van der Waals surface area contributed by atoms with E-state index in [9.17, 15) is 4.79 Å². The van der Waals surface area contributed by atoms with E-state index in [4.69, 9.17) is 0 Å². The number of hydrogen-bond acceptors (Lipinski definition) is 3. The number of piperidine rings is 1. The van der Waals surface area contributed by atoms with E-state index in [1.54, 1.807) is 0 Å². The van der Waals surface area contributed by atoms with Crippen molar-refractivity contribution >= 4 is 23.2 Å². The molecule has 0 aliphatic carbocycles. The number of likely N-dealkylation sites (tertiary alicyclic amines) is 1. The van der Waals surface area contributed by atoms with Gasteiger partial charge in [-0.1, -0.05) is 24.8 Å². The summed E-state index contributed by atoms with van der Waals surface area (Å²) in [6.45, 7) is 4.07. The molecule has 0 aromatic carbocycles. The van der Waals surface area contributed by atoms with Gasteiger partial charge in [-0.05, 0) is 30.9 Å². The minimum absolute atomic E-state index is 0.231. The van der Waals surface area contributed by atoms with Gasteiger partial charge in [0.15, 0.2) is 5.16 Å². The highest BCUT2D eigenvalue weighted by molar-refractivity contribution is 7.99. The fourth-order valence-electron chi connectivity index (χ4n) is 2.50. The molecular weight excluding hydrogens is 270 g/mol. The van der Waals surface area contributed by atoms with Crippen molar-refractivity contribution in [3.63, 3.8) is 0 Å². The molecule has 106 valence electrons. The summed E-state index contributed by atoms with van der Waals surface area (Å²) in [5, 5.41) is 0.888. The van der Waals surface area contributed by atoms with Crippen LogP contribution in [0.25, 0.3) is 5.52 Å². The summed E-state index contributed by atoms with van der Waals surface area (Å²) in [6, 6.07) is 5.99. The van der Waals surface area contributed by atoms with Crippen molar-refractivity contribution in [2.75, 3.05) is 18.8 Å². The van der Waals surface area contributed by atoms with Gasteiger partial charge in [0.25, 0.3) is 0 Å². The molecule has 0 bridgehead atoms. The van der Waals surface area contributed by atoms with Crippen molar-refractivity contribution < 1.29 is 4.79 Å². The molecule has 1 fully saturated rings. The summed E-state index contributed by atoms with van der Waals surface area (Å²) >= 11 is 1.52. The number of aromatic nitrogens is 2. The lowest BCUT2D eigenvalue weighted by Crippen LogP contribution is -2.38. The van der Waals surface area contributed by atoms with Crippen molar-refractivity contribution in [3.8, 4) is 0 Å². The zero-order valence-corrected chi connectivity index (χ0v) is 12.5. The Labute approximate surface area is 123 Å². The zero-order valence-electron chi connectivity index (χ0n) is 11.7. The number of rotatable bonds is 3. The maximum Gasteiger partial charge on any atom is 0.233 e. The van der Waals surface area contributed by atoms with E-state index >= 15 is 0 Å². The van der Waals surface area contributed by atoms with Gasteiger partial charge in [0.05, 0.1) is 17.5 Å². The van der Waals surface area contributed by atoms with Crippen LogP contribution in [-0.4, -0.2) is 39.0 Å². The normalized spacial score (nSPS) is 16.8. The molecule has 0 saturated carbocycles. The Bertz CT molecular complexity index is 602. The molecule has 2 aromatic heterocycles. The molecule has 3 rings (SSSR count). The molecule has 1 saturated heterocycles. The van der Waals surface area contributed by atoms with E-state index < -0.39 is 0 Å². The van der Waals surface area contributed by atoms with Gasteiger partial charge in [-0.15, -0.1) is 0 Å². The van der Waals surface area contributed by atoms with Crippen molar-refractivity contribution in [1.82, 2.24) is 14.3 Å². The van der Waals surface area contributed by atoms with E-state index in [-0.39, 0.29) is 5.91 Å². The van der Waals surface area contributed by atoms with E-state index in [2.05, 4.69) is 11.9 Å². The van der Waals surface area contributed by atoms with Crippen LogP contribution in [0.5, 0.6) is 0 Å². The highest BCUT2D eigenvalue weighted by Crippen LogP contribution is 2.21. The molecular formula is C15H19N3OS. The first kappa shape index (κ1) is 13.5.